The Morgan fingerprint density at radius 2 is 1.88 bits per heavy atom. The predicted octanol–water partition coefficient (Wildman–Crippen LogP) is 3.21. The van der Waals surface area contributed by atoms with Crippen LogP contribution in [-0.4, -0.2) is 48.8 Å². The molecule has 4 rings (SSSR count). The van der Waals surface area contributed by atoms with Crippen molar-refractivity contribution in [1.29, 1.82) is 0 Å². The van der Waals surface area contributed by atoms with Gasteiger partial charge in [0, 0.05) is 25.4 Å². The van der Waals surface area contributed by atoms with E-state index in [-0.39, 0.29) is 0 Å². The molecule has 1 aliphatic carbocycles. The van der Waals surface area contributed by atoms with E-state index in [1.165, 1.54) is 71.0 Å². The van der Waals surface area contributed by atoms with E-state index < -0.39 is 0 Å². The van der Waals surface area contributed by atoms with Crippen LogP contribution in [0.2, 0.25) is 0 Å². The monoisotopic (exact) mass is 356 g/mol. The van der Waals surface area contributed by atoms with Crippen molar-refractivity contribution in [3.05, 3.63) is 30.4 Å². The Kier molecular flexibility index (Phi) is 5.68. The summed E-state index contributed by atoms with van der Waals surface area (Å²) in [6, 6.07) is 0. The molecule has 0 bridgehead atoms. The second kappa shape index (κ2) is 8.33. The van der Waals surface area contributed by atoms with Crippen LogP contribution in [0.1, 0.15) is 68.9 Å². The summed E-state index contributed by atoms with van der Waals surface area (Å²) in [5.74, 6) is 3.75. The van der Waals surface area contributed by atoms with Crippen molar-refractivity contribution in [2.75, 3.05) is 19.6 Å². The van der Waals surface area contributed by atoms with Gasteiger partial charge >= 0.3 is 0 Å². The van der Waals surface area contributed by atoms with E-state index >= 15 is 0 Å². The molecule has 0 N–H and O–H groups in total. The zero-order valence-corrected chi connectivity index (χ0v) is 16.1. The lowest BCUT2D eigenvalue weighted by atomic mass is 9.95. The highest BCUT2D eigenvalue weighted by Gasteiger charge is 2.25. The third-order valence-electron chi connectivity index (χ3n) is 6.40. The maximum atomic E-state index is 4.52. The molecule has 0 aromatic carbocycles. The van der Waals surface area contributed by atoms with Crippen LogP contribution in [0.25, 0.3) is 0 Å². The molecule has 142 valence electrons. The zero-order valence-electron chi connectivity index (χ0n) is 16.1. The molecule has 2 aromatic heterocycles. The van der Waals surface area contributed by atoms with Gasteiger partial charge in [-0.1, -0.05) is 25.7 Å². The summed E-state index contributed by atoms with van der Waals surface area (Å²) in [5.41, 5.74) is 0. The molecule has 0 spiro atoms. The van der Waals surface area contributed by atoms with Crippen LogP contribution < -0.4 is 0 Å². The van der Waals surface area contributed by atoms with E-state index in [4.69, 9.17) is 0 Å². The molecule has 1 aliphatic heterocycles. The first-order valence-electron chi connectivity index (χ1n) is 10.4. The van der Waals surface area contributed by atoms with Crippen molar-refractivity contribution in [1.82, 2.24) is 29.2 Å². The lowest BCUT2D eigenvalue weighted by Gasteiger charge is -2.31. The quantitative estimate of drug-likeness (QED) is 0.764. The zero-order chi connectivity index (χ0) is 17.8. The average Bonchev–Trinajstić information content (AvgIpc) is 3.41. The summed E-state index contributed by atoms with van der Waals surface area (Å²) in [7, 11) is 2.11. The Morgan fingerprint density at radius 3 is 2.62 bits per heavy atom. The van der Waals surface area contributed by atoms with Crippen molar-refractivity contribution < 1.29 is 0 Å². The molecule has 6 nitrogen and oxygen atoms in total. The molecule has 2 fully saturated rings. The fourth-order valence-corrected chi connectivity index (χ4v) is 4.73. The molecule has 0 amide bonds. The van der Waals surface area contributed by atoms with E-state index in [0.717, 1.165) is 24.1 Å². The van der Waals surface area contributed by atoms with Crippen LogP contribution in [0.5, 0.6) is 0 Å². The number of aromatic nitrogens is 5. The van der Waals surface area contributed by atoms with Crippen molar-refractivity contribution in [2.45, 2.75) is 63.8 Å². The normalized spacial score (nSPS) is 20.2. The van der Waals surface area contributed by atoms with Gasteiger partial charge in [0.1, 0.15) is 5.82 Å². The van der Waals surface area contributed by atoms with Crippen molar-refractivity contribution >= 4 is 0 Å². The Labute approximate surface area is 156 Å². The minimum absolute atomic E-state index is 0.551. The predicted molar refractivity (Wildman–Crippen MR) is 102 cm³/mol. The van der Waals surface area contributed by atoms with Crippen LogP contribution in [0, 0.1) is 5.92 Å². The molecular weight excluding hydrogens is 324 g/mol. The smallest absolute Gasteiger partial charge is 0.152 e. The highest BCUT2D eigenvalue weighted by molar-refractivity contribution is 5.04. The fourth-order valence-electron chi connectivity index (χ4n) is 4.73. The lowest BCUT2D eigenvalue weighted by Crippen LogP contribution is -2.34. The van der Waals surface area contributed by atoms with Gasteiger partial charge in [-0.15, -0.1) is 10.2 Å². The topological polar surface area (TPSA) is 51.8 Å². The van der Waals surface area contributed by atoms with Gasteiger partial charge in [-0.2, -0.15) is 0 Å². The van der Waals surface area contributed by atoms with Crippen molar-refractivity contribution in [3.63, 3.8) is 0 Å². The molecule has 2 aromatic rings. The van der Waals surface area contributed by atoms with E-state index in [2.05, 4.69) is 31.7 Å². The third-order valence-corrected chi connectivity index (χ3v) is 6.40. The Balaban J connectivity index is 1.24. The Hall–Kier alpha value is -1.69. The highest BCUT2D eigenvalue weighted by atomic mass is 15.3. The van der Waals surface area contributed by atoms with Gasteiger partial charge in [-0.05, 0) is 51.2 Å². The second-order valence-corrected chi connectivity index (χ2v) is 8.18. The number of hydrogen-bond acceptors (Lipinski definition) is 4. The Morgan fingerprint density at radius 1 is 1.08 bits per heavy atom. The number of nitrogens with zero attached hydrogens (tertiary/aromatic N) is 6. The molecule has 2 aliphatic rings. The molecule has 1 saturated heterocycles. The van der Waals surface area contributed by atoms with Crippen LogP contribution in [-0.2, 0) is 13.6 Å². The molecule has 3 heterocycles. The summed E-state index contributed by atoms with van der Waals surface area (Å²) in [5, 5.41) is 8.95. The van der Waals surface area contributed by atoms with Gasteiger partial charge in [0.05, 0.1) is 12.9 Å². The van der Waals surface area contributed by atoms with Gasteiger partial charge in [0.2, 0.25) is 0 Å². The van der Waals surface area contributed by atoms with Crippen LogP contribution in [0.15, 0.2) is 18.7 Å². The number of likely N-dealkylation sites (tertiary alicyclic amines) is 1. The maximum absolute atomic E-state index is 4.52. The van der Waals surface area contributed by atoms with Gasteiger partial charge in [0.25, 0.3) is 0 Å². The second-order valence-electron chi connectivity index (χ2n) is 8.18. The first-order chi connectivity index (χ1) is 12.8. The third kappa shape index (κ3) is 4.17. The lowest BCUT2D eigenvalue weighted by molar-refractivity contribution is 0.201. The number of imidazole rings is 1. The van der Waals surface area contributed by atoms with Crippen LogP contribution in [0.4, 0.5) is 0 Å². The summed E-state index contributed by atoms with van der Waals surface area (Å²) < 4.78 is 4.24. The molecular formula is C20H32N6. The highest BCUT2D eigenvalue weighted by Crippen LogP contribution is 2.30. The van der Waals surface area contributed by atoms with Crippen LogP contribution in [0.3, 0.4) is 0 Å². The summed E-state index contributed by atoms with van der Waals surface area (Å²) in [6.45, 7) is 4.44. The number of hydrogen-bond donors (Lipinski definition) is 0. The van der Waals surface area contributed by atoms with E-state index in [9.17, 15) is 0 Å². The average molecular weight is 357 g/mol. The summed E-state index contributed by atoms with van der Waals surface area (Å²) in [4.78, 5) is 6.76. The first-order valence-corrected chi connectivity index (χ1v) is 10.4. The summed E-state index contributed by atoms with van der Waals surface area (Å²) in [6.07, 6.45) is 16.8. The van der Waals surface area contributed by atoms with E-state index in [0.29, 0.717) is 5.92 Å². The van der Waals surface area contributed by atoms with E-state index in [1.54, 1.807) is 6.20 Å². The largest absolute Gasteiger partial charge is 0.330 e. The molecule has 1 saturated carbocycles. The number of rotatable bonds is 7. The molecule has 0 atom stereocenters. The van der Waals surface area contributed by atoms with Crippen molar-refractivity contribution in [3.8, 4) is 0 Å². The standard InChI is InChI=1S/C20H32N6/c1-24-19(15-26-14-10-21-16-26)22-23-20(24)18-8-12-25(13-9-18)11-4-7-17-5-2-3-6-17/h10,14,16-18H,2-9,11-13,15H2,1H3. The van der Waals surface area contributed by atoms with E-state index in [1.807, 2.05) is 17.1 Å². The summed E-state index contributed by atoms with van der Waals surface area (Å²) >= 11 is 0. The minimum Gasteiger partial charge on any atom is -0.330 e. The number of piperidine rings is 1. The van der Waals surface area contributed by atoms with Gasteiger partial charge in [-0.25, -0.2) is 4.98 Å². The maximum Gasteiger partial charge on any atom is 0.152 e. The molecule has 0 radical (unpaired) electrons. The fraction of sp³-hybridized carbons (Fsp3) is 0.750. The molecule has 26 heavy (non-hydrogen) atoms. The van der Waals surface area contributed by atoms with Gasteiger partial charge in [-0.3, -0.25) is 0 Å². The molecule has 6 heteroatoms. The minimum atomic E-state index is 0.551. The van der Waals surface area contributed by atoms with Crippen molar-refractivity contribution in [2.24, 2.45) is 13.0 Å². The van der Waals surface area contributed by atoms with Crippen LogP contribution >= 0.6 is 0 Å². The SMILES string of the molecule is Cn1c(Cn2ccnc2)nnc1C1CCN(CCCC2CCCC2)CC1. The van der Waals surface area contributed by atoms with Gasteiger partial charge < -0.3 is 14.0 Å². The Bertz CT molecular complexity index is 663. The first kappa shape index (κ1) is 17.7. The van der Waals surface area contributed by atoms with Gasteiger partial charge in [0.15, 0.2) is 5.82 Å². The molecule has 0 unspecified atom stereocenters.